The van der Waals surface area contributed by atoms with Gasteiger partial charge in [0.05, 0.1) is 19.5 Å². The number of aliphatic hydroxyl groups is 2. The summed E-state index contributed by atoms with van der Waals surface area (Å²) in [6, 6.07) is 0. The molecule has 0 radical (unpaired) electrons. The lowest BCUT2D eigenvalue weighted by molar-refractivity contribution is -0.155. The number of esters is 1. The molecular weight excluding hydrogens is 461 g/mol. The van der Waals surface area contributed by atoms with Gasteiger partial charge in [0.25, 0.3) is 5.85 Å². The summed E-state index contributed by atoms with van der Waals surface area (Å²) < 4.78 is 28.1. The van der Waals surface area contributed by atoms with E-state index in [1.807, 2.05) is 0 Å². The lowest BCUT2D eigenvalue weighted by Crippen LogP contribution is -2.36. The predicted octanol–water partition coefficient (Wildman–Crippen LogP) is -0.776. The Balaban J connectivity index is 1.80. The third-order valence-electron chi connectivity index (χ3n) is 4.45. The third-order valence-corrected chi connectivity index (χ3v) is 5.59. The number of imidazole rings is 1. The van der Waals surface area contributed by atoms with Crippen molar-refractivity contribution in [2.24, 2.45) is 0 Å². The number of fused-ring (bicyclic) bond motifs is 1. The summed E-state index contributed by atoms with van der Waals surface area (Å²) in [5, 5.41) is 23.5. The molecule has 0 unspecified atom stereocenters. The molecule has 1 aliphatic heterocycles. The van der Waals surface area contributed by atoms with Crippen molar-refractivity contribution in [2.45, 2.75) is 37.3 Å². The molecule has 3 heterocycles. The van der Waals surface area contributed by atoms with Crippen LogP contribution in [0.2, 0.25) is 5.28 Å². The highest BCUT2D eigenvalue weighted by Gasteiger charge is 2.46. The highest BCUT2D eigenvalue weighted by molar-refractivity contribution is 7.53. The summed E-state index contributed by atoms with van der Waals surface area (Å²) in [7, 11) is -3.41. The maximum absolute atomic E-state index is 11.8. The van der Waals surface area contributed by atoms with Gasteiger partial charge in [0.2, 0.25) is 5.28 Å². The second kappa shape index (κ2) is 9.30. The average molecular weight is 482 g/mol. The molecule has 0 aliphatic carbocycles. The lowest BCUT2D eigenvalue weighted by Gasteiger charge is -2.20. The van der Waals surface area contributed by atoms with Crippen LogP contribution < -0.4 is 5.32 Å². The van der Waals surface area contributed by atoms with Crippen LogP contribution in [0.25, 0.3) is 11.2 Å². The molecule has 172 valence electrons. The fourth-order valence-corrected chi connectivity index (χ4v) is 3.84. The number of ether oxygens (including phenoxy) is 3. The van der Waals surface area contributed by atoms with Crippen molar-refractivity contribution >= 4 is 42.1 Å². The Morgan fingerprint density at radius 2 is 2.10 bits per heavy atom. The van der Waals surface area contributed by atoms with E-state index in [-0.39, 0.29) is 17.5 Å². The van der Waals surface area contributed by atoms with E-state index in [2.05, 4.69) is 25.0 Å². The van der Waals surface area contributed by atoms with E-state index in [4.69, 9.17) is 21.1 Å². The molecule has 1 saturated heterocycles. The molecule has 31 heavy (non-hydrogen) atoms. The number of hydrogen-bond acceptors (Lipinski definition) is 11. The molecule has 5 N–H and O–H groups in total. The zero-order valence-corrected chi connectivity index (χ0v) is 18.0. The summed E-state index contributed by atoms with van der Waals surface area (Å²) in [4.78, 5) is 42.7. The molecule has 0 aromatic carbocycles. The Bertz CT molecular complexity index is 1000. The first kappa shape index (κ1) is 23.8. The van der Waals surface area contributed by atoms with E-state index in [1.165, 1.54) is 17.8 Å². The van der Waals surface area contributed by atoms with Crippen molar-refractivity contribution in [3.63, 3.8) is 0 Å². The number of nitrogens with zero attached hydrogens (tertiary/aromatic N) is 4. The minimum atomic E-state index is -5.01. The topological polar surface area (TPSA) is 198 Å². The van der Waals surface area contributed by atoms with Crippen molar-refractivity contribution in [3.8, 4) is 0 Å². The van der Waals surface area contributed by atoms with Crippen LogP contribution in [0.15, 0.2) is 6.33 Å². The van der Waals surface area contributed by atoms with E-state index in [0.717, 1.165) is 0 Å². The smallest absolute Gasteiger partial charge is 0.365 e. The van der Waals surface area contributed by atoms with Gasteiger partial charge in [-0.05, 0) is 18.5 Å². The number of carbonyl (C=O) groups excluding carboxylic acids is 1. The van der Waals surface area contributed by atoms with Gasteiger partial charge < -0.3 is 39.5 Å². The van der Waals surface area contributed by atoms with Crippen LogP contribution >= 0.6 is 19.2 Å². The van der Waals surface area contributed by atoms with Crippen LogP contribution in [0, 0.1) is 0 Å². The molecule has 1 fully saturated rings. The van der Waals surface area contributed by atoms with Crippen LogP contribution in [0.1, 0.15) is 13.2 Å². The van der Waals surface area contributed by atoms with E-state index >= 15 is 0 Å². The normalized spacial score (nSPS) is 25.0. The third kappa shape index (κ3) is 4.81. The van der Waals surface area contributed by atoms with Gasteiger partial charge in [-0.15, -0.1) is 0 Å². The highest BCUT2D eigenvalue weighted by Crippen LogP contribution is 2.43. The quantitative estimate of drug-likeness (QED) is 0.179. The molecule has 0 amide bonds. The predicted molar refractivity (Wildman–Crippen MR) is 104 cm³/mol. The van der Waals surface area contributed by atoms with E-state index in [1.54, 1.807) is 7.05 Å². The van der Waals surface area contributed by atoms with Gasteiger partial charge in [-0.25, -0.2) is 9.78 Å². The summed E-state index contributed by atoms with van der Waals surface area (Å²) in [5.41, 5.74) is 0.544. The van der Waals surface area contributed by atoms with Crippen molar-refractivity contribution in [1.29, 1.82) is 0 Å². The second-order valence-electron chi connectivity index (χ2n) is 6.49. The molecule has 1 aliphatic rings. The van der Waals surface area contributed by atoms with Crippen molar-refractivity contribution in [3.05, 3.63) is 11.6 Å². The molecule has 0 bridgehead atoms. The number of nitrogens with one attached hydrogen (secondary N) is 1. The number of carbonyl (C=O) groups is 1. The van der Waals surface area contributed by atoms with Gasteiger partial charge in [0.1, 0.15) is 18.3 Å². The van der Waals surface area contributed by atoms with Crippen molar-refractivity contribution < 1.29 is 43.6 Å². The van der Waals surface area contributed by atoms with E-state index < -0.39 is 50.6 Å². The Morgan fingerprint density at radius 1 is 1.39 bits per heavy atom. The standard InChI is InChI=1S/C15H21ClN5O9P/c1-3-28-13(24)14(31(25,26)27)29-4-6-8(22)9(23)12(30-6)21-5-18-7-10(17-2)19-15(16)20-11(7)21/h5-6,8-9,12,14,22-23H,3-4H2,1-2H3,(H,17,19,20)(H2,25,26,27)/t6-,8-,9-,12-,14-/m1/s1. The van der Waals surface area contributed by atoms with Gasteiger partial charge in [-0.1, -0.05) is 0 Å². The number of rotatable bonds is 8. The Kier molecular flexibility index (Phi) is 7.13. The lowest BCUT2D eigenvalue weighted by atomic mass is 10.1. The summed E-state index contributed by atoms with van der Waals surface area (Å²) >= 11 is 5.92. The van der Waals surface area contributed by atoms with E-state index in [0.29, 0.717) is 11.3 Å². The number of aliphatic hydroxyl groups excluding tert-OH is 2. The SMILES string of the molecule is CCOC(=O)[C@H](OC[C@H]1O[C@@H](n2cnc3c(NC)nc(Cl)nc32)[C@H](O)[C@@H]1O)P(=O)(O)O. The molecule has 14 nitrogen and oxygen atoms in total. The zero-order valence-electron chi connectivity index (χ0n) is 16.3. The van der Waals surface area contributed by atoms with Gasteiger partial charge in [0, 0.05) is 7.05 Å². The fourth-order valence-electron chi connectivity index (χ4n) is 3.05. The number of anilines is 1. The summed E-state index contributed by atoms with van der Waals surface area (Å²) in [5.74, 6) is -3.12. The van der Waals surface area contributed by atoms with Gasteiger partial charge in [-0.2, -0.15) is 9.97 Å². The van der Waals surface area contributed by atoms with Crippen LogP contribution in [0.3, 0.4) is 0 Å². The first-order valence-corrected chi connectivity index (χ1v) is 11.1. The maximum atomic E-state index is 11.8. The molecule has 5 atom stereocenters. The van der Waals surface area contributed by atoms with Crippen molar-refractivity contribution in [2.75, 3.05) is 25.6 Å². The Morgan fingerprint density at radius 3 is 2.71 bits per heavy atom. The van der Waals surface area contributed by atoms with Crippen LogP contribution in [-0.4, -0.2) is 89.9 Å². The summed E-state index contributed by atoms with van der Waals surface area (Å²) in [6.07, 6.45) is -4.10. The Hall–Kier alpha value is -1.90. The fraction of sp³-hybridized carbons (Fsp3) is 0.600. The van der Waals surface area contributed by atoms with Gasteiger partial charge >= 0.3 is 13.6 Å². The maximum Gasteiger partial charge on any atom is 0.365 e. The first-order chi connectivity index (χ1) is 14.6. The van der Waals surface area contributed by atoms with Crippen LogP contribution in [0.5, 0.6) is 0 Å². The zero-order chi connectivity index (χ0) is 22.9. The second-order valence-corrected chi connectivity index (χ2v) is 8.47. The van der Waals surface area contributed by atoms with Crippen molar-refractivity contribution in [1.82, 2.24) is 19.5 Å². The number of halogens is 1. The minimum Gasteiger partial charge on any atom is -0.464 e. The van der Waals surface area contributed by atoms with Crippen LogP contribution in [0.4, 0.5) is 5.82 Å². The molecule has 0 spiro atoms. The summed E-state index contributed by atoms with van der Waals surface area (Å²) in [6.45, 7) is 0.729. The number of aromatic nitrogens is 4. The van der Waals surface area contributed by atoms with Gasteiger partial charge in [-0.3, -0.25) is 9.13 Å². The molecular formula is C15H21ClN5O9P. The molecule has 2 aromatic rings. The first-order valence-electron chi connectivity index (χ1n) is 9.01. The Labute approximate surface area is 180 Å². The highest BCUT2D eigenvalue weighted by atomic mass is 35.5. The van der Waals surface area contributed by atoms with Crippen LogP contribution in [-0.2, 0) is 23.6 Å². The molecule has 0 saturated carbocycles. The monoisotopic (exact) mass is 481 g/mol. The van der Waals surface area contributed by atoms with E-state index in [9.17, 15) is 29.4 Å². The largest absolute Gasteiger partial charge is 0.464 e. The number of hydrogen-bond donors (Lipinski definition) is 5. The minimum absolute atomic E-state index is 0.0922. The molecule has 16 heteroatoms. The molecule has 2 aromatic heterocycles. The molecule has 3 rings (SSSR count). The average Bonchev–Trinajstić information content (AvgIpc) is 3.22. The van der Waals surface area contributed by atoms with Gasteiger partial charge in [0.15, 0.2) is 23.2 Å².